The first-order valence-electron chi connectivity index (χ1n) is 14.7. The second-order valence-corrected chi connectivity index (χ2v) is 12.5. The lowest BCUT2D eigenvalue weighted by atomic mass is 9.77. The first-order chi connectivity index (χ1) is 19.0. The summed E-state index contributed by atoms with van der Waals surface area (Å²) in [4.78, 5) is 41.6. The Morgan fingerprint density at radius 3 is 2.45 bits per heavy atom. The van der Waals surface area contributed by atoms with Gasteiger partial charge in [0.05, 0.1) is 36.6 Å². The Kier molecular flexibility index (Phi) is 9.51. The molecule has 4 atom stereocenters. The fraction of sp³-hybridized carbons (Fsp3) is 0.821. The molecular weight excluding hydrogens is 516 g/mol. The summed E-state index contributed by atoms with van der Waals surface area (Å²) in [6.07, 6.45) is 9.60. The second kappa shape index (κ2) is 12.5. The molecule has 1 aromatic heterocycles. The van der Waals surface area contributed by atoms with Gasteiger partial charge in [-0.25, -0.2) is 9.48 Å². The van der Waals surface area contributed by atoms with E-state index in [1.54, 1.807) is 18.5 Å². The average Bonchev–Trinajstić information content (AvgIpc) is 3.61. The standard InChI is InChI=1S/C28H46N6O6/c1-27(2,39)22-16-30-32-34(22)19-15-21(33(17-19)25(37)20(29)14-18-10-6-4-7-11-18)24(36)31-28(12-8-5-9-13-28)23(35)26(38)40-3/h16,18-21,23,35,39H,4-15,17,29H2,1-3H3,(H,31,36)/t19-,20+,21-,23?/m0/s1. The molecule has 1 aliphatic heterocycles. The number of carbonyl (C=O) groups is 3. The summed E-state index contributed by atoms with van der Waals surface area (Å²) in [5, 5.41) is 32.7. The minimum absolute atomic E-state index is 0.175. The number of amides is 2. The molecule has 4 rings (SSSR count). The molecule has 2 aliphatic carbocycles. The van der Waals surface area contributed by atoms with E-state index < -0.39 is 47.2 Å². The Morgan fingerprint density at radius 2 is 1.82 bits per heavy atom. The summed E-state index contributed by atoms with van der Waals surface area (Å²) >= 11 is 0. The number of methoxy groups -OCH3 is 1. The van der Waals surface area contributed by atoms with Crippen LogP contribution in [0.4, 0.5) is 0 Å². The number of nitrogens with two attached hydrogens (primary N) is 1. The molecule has 0 bridgehead atoms. The van der Waals surface area contributed by atoms with Crippen LogP contribution >= 0.6 is 0 Å². The summed E-state index contributed by atoms with van der Waals surface area (Å²) in [5.74, 6) is -1.16. The van der Waals surface area contributed by atoms with Crippen molar-refractivity contribution in [1.29, 1.82) is 0 Å². The maximum absolute atomic E-state index is 14.0. The van der Waals surface area contributed by atoms with Crippen molar-refractivity contribution in [2.24, 2.45) is 11.7 Å². The number of hydrogen-bond acceptors (Lipinski definition) is 9. The van der Waals surface area contributed by atoms with Crippen LogP contribution in [0.3, 0.4) is 0 Å². The number of ether oxygens (including phenoxy) is 1. The van der Waals surface area contributed by atoms with Crippen molar-refractivity contribution in [3.8, 4) is 0 Å². The van der Waals surface area contributed by atoms with Crippen LogP contribution in [0.1, 0.15) is 103 Å². The van der Waals surface area contributed by atoms with Crippen molar-refractivity contribution >= 4 is 17.8 Å². The summed E-state index contributed by atoms with van der Waals surface area (Å²) < 4.78 is 6.39. The third-order valence-electron chi connectivity index (χ3n) is 9.11. The van der Waals surface area contributed by atoms with Crippen LogP contribution in [0.5, 0.6) is 0 Å². The minimum atomic E-state index is -1.52. The maximum atomic E-state index is 14.0. The van der Waals surface area contributed by atoms with Crippen LogP contribution in [0.25, 0.3) is 0 Å². The Bertz CT molecular complexity index is 1040. The first-order valence-corrected chi connectivity index (χ1v) is 14.7. The van der Waals surface area contributed by atoms with Gasteiger partial charge in [-0.2, -0.15) is 0 Å². The van der Waals surface area contributed by atoms with Crippen molar-refractivity contribution < 1.29 is 29.3 Å². The molecule has 0 aromatic carbocycles. The van der Waals surface area contributed by atoms with Crippen LogP contribution < -0.4 is 11.1 Å². The summed E-state index contributed by atoms with van der Waals surface area (Å²) in [7, 11) is 1.21. The zero-order chi connectivity index (χ0) is 29.1. The van der Waals surface area contributed by atoms with Crippen molar-refractivity contribution in [2.45, 2.75) is 126 Å². The first kappa shape index (κ1) is 30.4. The maximum Gasteiger partial charge on any atom is 0.337 e. The van der Waals surface area contributed by atoms with E-state index in [9.17, 15) is 24.6 Å². The highest BCUT2D eigenvalue weighted by atomic mass is 16.5. The van der Waals surface area contributed by atoms with Gasteiger partial charge in [-0.15, -0.1) is 5.10 Å². The molecule has 3 fully saturated rings. The number of carbonyl (C=O) groups excluding carboxylic acids is 3. The molecule has 3 aliphatic rings. The van der Waals surface area contributed by atoms with Gasteiger partial charge in [-0.05, 0) is 39.0 Å². The monoisotopic (exact) mass is 562 g/mol. The summed E-state index contributed by atoms with van der Waals surface area (Å²) in [5.41, 5.74) is 4.54. The predicted molar refractivity (Wildman–Crippen MR) is 146 cm³/mol. The molecule has 2 amide bonds. The summed E-state index contributed by atoms with van der Waals surface area (Å²) in [6, 6.07) is -2.05. The molecule has 1 unspecified atom stereocenters. The molecule has 40 heavy (non-hydrogen) atoms. The van der Waals surface area contributed by atoms with Gasteiger partial charge >= 0.3 is 5.97 Å². The molecule has 12 nitrogen and oxygen atoms in total. The van der Waals surface area contributed by atoms with Crippen molar-refractivity contribution in [1.82, 2.24) is 25.2 Å². The fourth-order valence-corrected chi connectivity index (χ4v) is 6.85. The number of esters is 1. The van der Waals surface area contributed by atoms with E-state index in [1.165, 1.54) is 24.6 Å². The highest BCUT2D eigenvalue weighted by Crippen LogP contribution is 2.36. The van der Waals surface area contributed by atoms with Crippen LogP contribution in [0.15, 0.2) is 6.20 Å². The van der Waals surface area contributed by atoms with Gasteiger partial charge in [-0.1, -0.05) is 56.6 Å². The third kappa shape index (κ3) is 6.49. The Balaban J connectivity index is 1.60. The largest absolute Gasteiger partial charge is 0.467 e. The van der Waals surface area contributed by atoms with Crippen molar-refractivity contribution in [3.05, 3.63) is 11.9 Å². The molecule has 5 N–H and O–H groups in total. The molecule has 2 saturated carbocycles. The lowest BCUT2D eigenvalue weighted by Gasteiger charge is -2.41. The SMILES string of the molecule is COC(=O)C(O)C1(NC(=O)[C@@H]2C[C@H](n3nncc3C(C)(C)O)CN2C(=O)[C@H](N)CC2CCCCC2)CCCCC1. The number of aliphatic hydroxyl groups is 2. The number of aromatic nitrogens is 3. The smallest absolute Gasteiger partial charge is 0.337 e. The van der Waals surface area contributed by atoms with E-state index >= 15 is 0 Å². The topological polar surface area (TPSA) is 173 Å². The third-order valence-corrected chi connectivity index (χ3v) is 9.11. The van der Waals surface area contributed by atoms with Crippen LogP contribution in [0.2, 0.25) is 0 Å². The number of rotatable bonds is 9. The molecule has 12 heteroatoms. The fourth-order valence-electron chi connectivity index (χ4n) is 6.85. The summed E-state index contributed by atoms with van der Waals surface area (Å²) in [6.45, 7) is 3.44. The lowest BCUT2D eigenvalue weighted by Crippen LogP contribution is -2.63. The zero-order valence-electron chi connectivity index (χ0n) is 24.1. The molecule has 2 heterocycles. The van der Waals surface area contributed by atoms with Crippen LogP contribution in [0, 0.1) is 5.92 Å². The number of hydrogen-bond donors (Lipinski definition) is 4. The highest BCUT2D eigenvalue weighted by Gasteiger charge is 2.49. The van der Waals surface area contributed by atoms with E-state index in [2.05, 4.69) is 15.6 Å². The predicted octanol–water partition coefficient (Wildman–Crippen LogP) is 1.30. The van der Waals surface area contributed by atoms with Crippen molar-refractivity contribution in [2.75, 3.05) is 13.7 Å². The molecule has 1 aromatic rings. The van der Waals surface area contributed by atoms with E-state index in [0.29, 0.717) is 30.9 Å². The van der Waals surface area contributed by atoms with Gasteiger partial charge in [0.2, 0.25) is 11.8 Å². The number of aliphatic hydroxyl groups excluding tert-OH is 1. The molecule has 1 saturated heterocycles. The molecular formula is C28H46N6O6. The van der Waals surface area contributed by atoms with E-state index in [4.69, 9.17) is 10.5 Å². The van der Waals surface area contributed by atoms with Gasteiger partial charge in [0.1, 0.15) is 11.6 Å². The lowest BCUT2D eigenvalue weighted by molar-refractivity contribution is -0.158. The van der Waals surface area contributed by atoms with Gasteiger partial charge in [0.15, 0.2) is 6.10 Å². The van der Waals surface area contributed by atoms with Crippen LogP contribution in [-0.2, 0) is 24.7 Å². The van der Waals surface area contributed by atoms with Gasteiger partial charge in [-0.3, -0.25) is 9.59 Å². The van der Waals surface area contributed by atoms with Gasteiger partial charge in [0.25, 0.3) is 0 Å². The van der Waals surface area contributed by atoms with Gasteiger partial charge in [0, 0.05) is 13.0 Å². The van der Waals surface area contributed by atoms with Crippen LogP contribution in [-0.4, -0.2) is 85.3 Å². The van der Waals surface area contributed by atoms with E-state index in [0.717, 1.165) is 44.9 Å². The van der Waals surface area contributed by atoms with Crippen molar-refractivity contribution in [3.63, 3.8) is 0 Å². The molecule has 0 radical (unpaired) electrons. The highest BCUT2D eigenvalue weighted by molar-refractivity contribution is 5.91. The van der Waals surface area contributed by atoms with E-state index in [1.807, 2.05) is 0 Å². The minimum Gasteiger partial charge on any atom is -0.467 e. The molecule has 0 spiro atoms. The van der Waals surface area contributed by atoms with Gasteiger partial charge < -0.3 is 30.9 Å². The Labute approximate surface area is 236 Å². The number of likely N-dealkylation sites (tertiary alicyclic amines) is 1. The average molecular weight is 563 g/mol. The number of nitrogens with zero attached hydrogens (tertiary/aromatic N) is 4. The normalized spacial score (nSPS) is 25.3. The zero-order valence-corrected chi connectivity index (χ0v) is 24.1. The second-order valence-electron chi connectivity index (χ2n) is 12.5. The van der Waals surface area contributed by atoms with E-state index in [-0.39, 0.29) is 18.9 Å². The number of nitrogens with one attached hydrogen (secondary N) is 1. The Morgan fingerprint density at radius 1 is 1.18 bits per heavy atom. The molecule has 224 valence electrons. The quantitative estimate of drug-likeness (QED) is 0.324. The Hall–Kier alpha value is -2.57.